The van der Waals surface area contributed by atoms with Gasteiger partial charge in [0.15, 0.2) is 0 Å². The molecule has 0 aromatic heterocycles. The van der Waals surface area contributed by atoms with Gasteiger partial charge in [-0.05, 0) is 0 Å². The van der Waals surface area contributed by atoms with E-state index < -0.39 is 19.0 Å². The molecule has 0 aromatic rings. The molecule has 0 atom stereocenters. The molecule has 0 amide bonds. The van der Waals surface area contributed by atoms with Crippen molar-refractivity contribution in [3.05, 3.63) is 0 Å². The van der Waals surface area contributed by atoms with Crippen molar-refractivity contribution in [2.75, 3.05) is 0 Å². The van der Waals surface area contributed by atoms with E-state index >= 15 is 0 Å². The maximum atomic E-state index is 8.63. The summed E-state index contributed by atoms with van der Waals surface area (Å²) < 4.78 is 34.5. The van der Waals surface area contributed by atoms with Crippen molar-refractivity contribution in [3.8, 4) is 0 Å². The first kappa shape index (κ1) is 65.0. The summed E-state index contributed by atoms with van der Waals surface area (Å²) in [5.74, 6) is 0. The third-order valence-corrected chi connectivity index (χ3v) is 0. The van der Waals surface area contributed by atoms with Crippen LogP contribution in [-0.2, 0) is 6.21 Å². The molecule has 0 fully saturated rings. The first-order chi connectivity index (χ1) is 2.00. The van der Waals surface area contributed by atoms with Crippen molar-refractivity contribution in [1.82, 2.24) is 0 Å². The van der Waals surface area contributed by atoms with E-state index in [4.69, 9.17) is 13.2 Å². The van der Waals surface area contributed by atoms with Crippen LogP contribution in [-0.4, -0.2) is 46.4 Å². The molecule has 0 heterocycles. The Morgan fingerprint density at radius 3 is 0.667 bits per heavy atom. The van der Waals surface area contributed by atoms with Crippen LogP contribution in [0, 0.1) is 0 Å². The maximum Gasteiger partial charge on any atom is 1.00 e. The molecule has 72 valence electrons. The second-order valence-corrected chi connectivity index (χ2v) is 2.74. The summed E-state index contributed by atoms with van der Waals surface area (Å²) in [6.45, 7) is 0. The maximum absolute atomic E-state index is 8.63. The minimum Gasteiger partial charge on any atom is 1.00 e. The van der Waals surface area contributed by atoms with Crippen molar-refractivity contribution < 1.29 is 99.6 Å². The number of hydrogen-bond donors (Lipinski definition) is 0. The molecular weight excluding hydrogens is 318 g/mol. The van der Waals surface area contributed by atoms with Gasteiger partial charge in [-0.25, -0.2) is 0 Å². The average Bonchev–Trinajstić information content (AvgIpc) is 0.722. The minimum atomic E-state index is -6.02. The van der Waals surface area contributed by atoms with E-state index in [1.807, 2.05) is 0 Å². The molecule has 12 heteroatoms. The number of rotatable bonds is 0. The van der Waals surface area contributed by atoms with Crippen LogP contribution < -0.4 is 66.1 Å². The summed E-state index contributed by atoms with van der Waals surface area (Å²) in [4.78, 5) is 0. The average molecular weight is 328 g/mol. The van der Waals surface area contributed by atoms with E-state index in [1.54, 1.807) is 0 Å². The molecule has 0 radical (unpaired) electrons. The van der Waals surface area contributed by atoms with E-state index in [2.05, 4.69) is 0 Å². The molecule has 0 saturated carbocycles. The minimum absolute atomic E-state index is 0. The molecule has 12 heavy (non-hydrogen) atoms. The fraction of sp³-hybridized carbons (Fsp3) is 0. The zero-order valence-corrected chi connectivity index (χ0v) is 12.9. The monoisotopic (exact) mass is 330 g/mol. The summed E-state index contributed by atoms with van der Waals surface area (Å²) >= 11 is -6.02. The van der Waals surface area contributed by atoms with Crippen LogP contribution in [0.1, 0.15) is 0 Å². The van der Waals surface area contributed by atoms with Gasteiger partial charge in [0.2, 0.25) is 0 Å². The van der Waals surface area contributed by atoms with Gasteiger partial charge >= 0.3 is 91.2 Å². The van der Waals surface area contributed by atoms with Crippen LogP contribution in [0.4, 0.5) is 0 Å². The van der Waals surface area contributed by atoms with Crippen LogP contribution in [0.3, 0.4) is 0 Å². The standard InChI is InChI=1S/2Na.H2O4Te.5H2O/c;;1-5(2,3)4;;;;;/h;;(H2,1,2,3,4);5*1H2/q2*+1;;;;;;/p-2. The first-order valence-electron chi connectivity index (χ1n) is 0.667. The molecule has 0 saturated heterocycles. The van der Waals surface area contributed by atoms with E-state index in [0.717, 1.165) is 0 Å². The van der Waals surface area contributed by atoms with Crippen molar-refractivity contribution in [2.24, 2.45) is 0 Å². The third kappa shape index (κ3) is 336. The second kappa shape index (κ2) is 29.2. The fourth-order valence-electron chi connectivity index (χ4n) is 0. The van der Waals surface area contributed by atoms with Crippen molar-refractivity contribution in [3.63, 3.8) is 0 Å². The zero-order chi connectivity index (χ0) is 4.50. The van der Waals surface area contributed by atoms with Crippen LogP contribution >= 0.6 is 0 Å². The Hall–Kier alpha value is 2.11. The molecule has 0 aromatic carbocycles. The Kier molecular flexibility index (Phi) is 158. The quantitative estimate of drug-likeness (QED) is 0.393. The first-order valence-corrected chi connectivity index (χ1v) is 4.47. The summed E-state index contributed by atoms with van der Waals surface area (Å²) in [5.41, 5.74) is 0. The van der Waals surface area contributed by atoms with Crippen LogP contribution in [0.5, 0.6) is 0 Å². The van der Waals surface area contributed by atoms with Gasteiger partial charge in [-0.2, -0.15) is 0 Å². The zero-order valence-electron chi connectivity index (χ0n) is 6.54. The molecule has 0 bridgehead atoms. The van der Waals surface area contributed by atoms with Gasteiger partial charge in [0.05, 0.1) is 0 Å². The van der Waals surface area contributed by atoms with Gasteiger partial charge in [0.1, 0.15) is 0 Å². The van der Waals surface area contributed by atoms with Gasteiger partial charge in [-0.15, -0.1) is 0 Å². The predicted molar refractivity (Wildman–Crippen MR) is 25.2 cm³/mol. The molecule has 0 aliphatic rings. The Morgan fingerprint density at radius 2 is 0.667 bits per heavy atom. The molecule has 0 rings (SSSR count). The van der Waals surface area contributed by atoms with Crippen LogP contribution in [0.25, 0.3) is 0 Å². The summed E-state index contributed by atoms with van der Waals surface area (Å²) in [6.07, 6.45) is 0. The summed E-state index contributed by atoms with van der Waals surface area (Å²) in [5, 5.41) is 0. The van der Waals surface area contributed by atoms with Crippen LogP contribution in [0.15, 0.2) is 0 Å². The topological polar surface area (TPSA) is 238 Å². The van der Waals surface area contributed by atoms with Gasteiger partial charge in [0, 0.05) is 0 Å². The SMILES string of the molecule is O.O.O.O.O.O=[Te](=O)([O-])[O-].[Na+].[Na+]. The predicted octanol–water partition coefficient (Wildman–Crippen LogP) is -13.1. The second-order valence-electron chi connectivity index (χ2n) is 0.408. The van der Waals surface area contributed by atoms with Gasteiger partial charge < -0.3 is 27.4 Å². The molecule has 10 N–H and O–H groups in total. The Labute approximate surface area is 117 Å². The van der Waals surface area contributed by atoms with Gasteiger partial charge in [-0.1, -0.05) is 0 Å². The smallest absolute Gasteiger partial charge is 1.00 e. The fourth-order valence-corrected chi connectivity index (χ4v) is 0. The normalized spacial score (nSPS) is 4.83. The van der Waals surface area contributed by atoms with Gasteiger partial charge in [0.25, 0.3) is 0 Å². The van der Waals surface area contributed by atoms with Crippen molar-refractivity contribution in [2.45, 2.75) is 0 Å². The van der Waals surface area contributed by atoms with Crippen molar-refractivity contribution in [1.29, 1.82) is 0 Å². The Balaban J connectivity index is -0.00000000381. The summed E-state index contributed by atoms with van der Waals surface area (Å²) in [7, 11) is 0. The third-order valence-electron chi connectivity index (χ3n) is 0. The largest absolute Gasteiger partial charge is 1.00 e. The molecule has 0 aliphatic carbocycles. The summed E-state index contributed by atoms with van der Waals surface area (Å²) in [6, 6.07) is 0. The van der Waals surface area contributed by atoms with E-state index in [1.165, 1.54) is 0 Å². The molecule has 9 nitrogen and oxygen atoms in total. The van der Waals surface area contributed by atoms with E-state index in [0.29, 0.717) is 0 Å². The van der Waals surface area contributed by atoms with Crippen molar-refractivity contribution >= 4 is 19.0 Å². The Bertz CT molecular complexity index is 95.7. The molecule has 0 aliphatic heterocycles. The van der Waals surface area contributed by atoms with E-state index in [-0.39, 0.29) is 86.5 Å². The molecule has 0 spiro atoms. The number of hydrogen-bond acceptors (Lipinski definition) is 4. The van der Waals surface area contributed by atoms with E-state index in [9.17, 15) is 0 Å². The van der Waals surface area contributed by atoms with Gasteiger partial charge in [-0.3, -0.25) is 0 Å². The Morgan fingerprint density at radius 1 is 0.667 bits per heavy atom. The molecular formula is H10Na2O9Te. The van der Waals surface area contributed by atoms with Crippen LogP contribution in [0.2, 0.25) is 0 Å². The molecule has 0 unspecified atom stereocenters.